The first kappa shape index (κ1) is 17.6. The van der Waals surface area contributed by atoms with Gasteiger partial charge in [-0.25, -0.2) is 4.39 Å². The van der Waals surface area contributed by atoms with Gasteiger partial charge < -0.3 is 5.32 Å². The molecule has 1 fully saturated rings. The van der Waals surface area contributed by atoms with Gasteiger partial charge in [0.15, 0.2) is 0 Å². The van der Waals surface area contributed by atoms with Gasteiger partial charge in [-0.15, -0.1) is 24.8 Å². The molecule has 1 N–H and O–H groups in total. The molecule has 5 heteroatoms. The first-order chi connectivity index (χ1) is 7.81. The second-order valence-electron chi connectivity index (χ2n) is 4.26. The van der Waals surface area contributed by atoms with Gasteiger partial charge >= 0.3 is 0 Å². The zero-order valence-electron chi connectivity index (χ0n) is 10.6. The molecule has 1 aromatic rings. The Labute approximate surface area is 121 Å². The van der Waals surface area contributed by atoms with E-state index in [0.29, 0.717) is 6.04 Å². The van der Waals surface area contributed by atoms with E-state index in [1.165, 1.54) is 5.56 Å². The maximum atomic E-state index is 12.9. The lowest BCUT2D eigenvalue weighted by atomic mass is 10.0. The fraction of sp³-hybridized carbons (Fsp3) is 0.538. The van der Waals surface area contributed by atoms with Gasteiger partial charge in [0.05, 0.1) is 0 Å². The third-order valence-electron chi connectivity index (χ3n) is 3.23. The van der Waals surface area contributed by atoms with Gasteiger partial charge in [-0.3, -0.25) is 4.90 Å². The predicted octanol–water partition coefficient (Wildman–Crippen LogP) is 3.03. The van der Waals surface area contributed by atoms with Crippen molar-refractivity contribution in [1.82, 2.24) is 10.2 Å². The van der Waals surface area contributed by atoms with E-state index in [4.69, 9.17) is 0 Å². The Morgan fingerprint density at radius 3 is 2.22 bits per heavy atom. The number of benzene rings is 1. The van der Waals surface area contributed by atoms with Gasteiger partial charge in [-0.1, -0.05) is 19.1 Å². The van der Waals surface area contributed by atoms with Gasteiger partial charge in [0.2, 0.25) is 0 Å². The van der Waals surface area contributed by atoms with Crippen molar-refractivity contribution in [2.45, 2.75) is 19.4 Å². The summed E-state index contributed by atoms with van der Waals surface area (Å²) in [6.45, 7) is 6.46. The summed E-state index contributed by atoms with van der Waals surface area (Å²) in [4.78, 5) is 2.48. The van der Waals surface area contributed by atoms with Crippen molar-refractivity contribution in [3.63, 3.8) is 0 Å². The molecule has 1 aromatic carbocycles. The summed E-state index contributed by atoms with van der Waals surface area (Å²) in [7, 11) is 0. The van der Waals surface area contributed by atoms with Gasteiger partial charge in [0.1, 0.15) is 5.82 Å². The molecule has 1 heterocycles. The third kappa shape index (κ3) is 4.39. The molecule has 2 rings (SSSR count). The van der Waals surface area contributed by atoms with E-state index in [0.717, 1.165) is 32.6 Å². The molecule has 2 nitrogen and oxygen atoms in total. The van der Waals surface area contributed by atoms with Crippen LogP contribution in [0.3, 0.4) is 0 Å². The summed E-state index contributed by atoms with van der Waals surface area (Å²) in [6, 6.07) is 7.36. The van der Waals surface area contributed by atoms with Crippen molar-refractivity contribution < 1.29 is 4.39 Å². The van der Waals surface area contributed by atoms with Crippen LogP contribution in [-0.2, 0) is 0 Å². The predicted molar refractivity (Wildman–Crippen MR) is 78.4 cm³/mol. The fourth-order valence-electron chi connectivity index (χ4n) is 2.38. The molecule has 0 unspecified atom stereocenters. The van der Waals surface area contributed by atoms with Crippen molar-refractivity contribution >= 4 is 24.8 Å². The Hall–Kier alpha value is -0.350. The maximum absolute atomic E-state index is 12.9. The van der Waals surface area contributed by atoms with Crippen LogP contribution in [-0.4, -0.2) is 31.1 Å². The van der Waals surface area contributed by atoms with Gasteiger partial charge in [0.25, 0.3) is 0 Å². The molecule has 1 aliphatic heterocycles. The first-order valence-electron chi connectivity index (χ1n) is 6.01. The first-order valence-corrected chi connectivity index (χ1v) is 6.01. The van der Waals surface area contributed by atoms with Crippen molar-refractivity contribution in [1.29, 1.82) is 0 Å². The lowest BCUT2D eigenvalue weighted by Gasteiger charge is -2.34. The number of piperazine rings is 1. The maximum Gasteiger partial charge on any atom is 0.123 e. The number of rotatable bonds is 3. The van der Waals surface area contributed by atoms with Crippen LogP contribution in [0.4, 0.5) is 4.39 Å². The summed E-state index contributed by atoms with van der Waals surface area (Å²) in [5.74, 6) is -0.154. The molecule has 0 bridgehead atoms. The molecular weight excluding hydrogens is 274 g/mol. The van der Waals surface area contributed by atoms with Crippen LogP contribution >= 0.6 is 24.8 Å². The smallest absolute Gasteiger partial charge is 0.123 e. The monoisotopic (exact) mass is 294 g/mol. The molecule has 0 aromatic heterocycles. The molecule has 104 valence electrons. The van der Waals surface area contributed by atoms with Crippen LogP contribution in [0.25, 0.3) is 0 Å². The van der Waals surface area contributed by atoms with Crippen LogP contribution in [0, 0.1) is 5.82 Å². The summed E-state index contributed by atoms with van der Waals surface area (Å²) in [6.07, 6.45) is 1.08. The molecule has 1 atom stereocenters. The number of hydrogen-bond acceptors (Lipinski definition) is 2. The van der Waals surface area contributed by atoms with E-state index in [2.05, 4.69) is 17.1 Å². The largest absolute Gasteiger partial charge is 0.314 e. The van der Waals surface area contributed by atoms with E-state index >= 15 is 0 Å². The molecular formula is C13H21Cl2FN2. The van der Waals surface area contributed by atoms with Crippen LogP contribution in [0.1, 0.15) is 24.9 Å². The van der Waals surface area contributed by atoms with Crippen LogP contribution in [0.5, 0.6) is 0 Å². The molecule has 18 heavy (non-hydrogen) atoms. The zero-order valence-corrected chi connectivity index (χ0v) is 12.2. The lowest BCUT2D eigenvalue weighted by molar-refractivity contribution is 0.169. The Bertz CT molecular complexity index is 326. The SMILES string of the molecule is CC[C@H](c1ccc(F)cc1)N1CCNCC1.Cl.Cl. The highest BCUT2D eigenvalue weighted by Gasteiger charge is 2.20. The summed E-state index contributed by atoms with van der Waals surface area (Å²) >= 11 is 0. The topological polar surface area (TPSA) is 15.3 Å². The van der Waals surface area contributed by atoms with Crippen molar-refractivity contribution in [2.75, 3.05) is 26.2 Å². The Morgan fingerprint density at radius 1 is 1.17 bits per heavy atom. The second-order valence-corrected chi connectivity index (χ2v) is 4.26. The molecule has 0 radical (unpaired) electrons. The summed E-state index contributed by atoms with van der Waals surface area (Å²) in [5, 5.41) is 3.35. The standard InChI is InChI=1S/C13H19FN2.2ClH/c1-2-13(16-9-7-15-8-10-16)11-3-5-12(14)6-4-11;;/h3-6,13,15H,2,7-10H2,1H3;2*1H/t13-;;/m1../s1. The van der Waals surface area contributed by atoms with Gasteiger partial charge in [-0.2, -0.15) is 0 Å². The minimum absolute atomic E-state index is 0. The fourth-order valence-corrected chi connectivity index (χ4v) is 2.38. The molecule has 0 aliphatic carbocycles. The number of nitrogens with one attached hydrogen (secondary N) is 1. The van der Waals surface area contributed by atoms with Crippen LogP contribution < -0.4 is 5.32 Å². The highest BCUT2D eigenvalue weighted by atomic mass is 35.5. The molecule has 0 saturated carbocycles. The lowest BCUT2D eigenvalue weighted by Crippen LogP contribution is -2.45. The van der Waals surface area contributed by atoms with E-state index in [1.807, 2.05) is 12.1 Å². The third-order valence-corrected chi connectivity index (χ3v) is 3.23. The van der Waals surface area contributed by atoms with Crippen molar-refractivity contribution in [3.8, 4) is 0 Å². The normalized spacial score (nSPS) is 17.4. The number of halogens is 3. The number of nitrogens with zero attached hydrogens (tertiary/aromatic N) is 1. The molecule has 1 saturated heterocycles. The average Bonchev–Trinajstić information content (AvgIpc) is 2.34. The van der Waals surface area contributed by atoms with Crippen molar-refractivity contribution in [3.05, 3.63) is 35.6 Å². The highest BCUT2D eigenvalue weighted by molar-refractivity contribution is 5.85. The Morgan fingerprint density at radius 2 is 1.72 bits per heavy atom. The van der Waals surface area contributed by atoms with Gasteiger partial charge in [0, 0.05) is 32.2 Å². The van der Waals surface area contributed by atoms with E-state index in [1.54, 1.807) is 12.1 Å². The zero-order chi connectivity index (χ0) is 11.4. The van der Waals surface area contributed by atoms with Crippen LogP contribution in [0.15, 0.2) is 24.3 Å². The molecule has 1 aliphatic rings. The Kier molecular flexibility index (Phi) is 8.53. The minimum atomic E-state index is -0.154. The molecule has 0 spiro atoms. The highest BCUT2D eigenvalue weighted by Crippen LogP contribution is 2.24. The van der Waals surface area contributed by atoms with E-state index in [-0.39, 0.29) is 30.6 Å². The Balaban J connectivity index is 0.00000144. The van der Waals surface area contributed by atoms with Crippen LogP contribution in [0.2, 0.25) is 0 Å². The van der Waals surface area contributed by atoms with Gasteiger partial charge in [-0.05, 0) is 24.1 Å². The summed E-state index contributed by atoms with van der Waals surface area (Å²) in [5.41, 5.74) is 1.23. The van der Waals surface area contributed by atoms with E-state index in [9.17, 15) is 4.39 Å². The van der Waals surface area contributed by atoms with E-state index < -0.39 is 0 Å². The summed E-state index contributed by atoms with van der Waals surface area (Å²) < 4.78 is 12.9. The quantitative estimate of drug-likeness (QED) is 0.922. The average molecular weight is 295 g/mol. The number of hydrogen-bond donors (Lipinski definition) is 1. The second kappa shape index (κ2) is 8.70. The minimum Gasteiger partial charge on any atom is -0.314 e. The van der Waals surface area contributed by atoms with Crippen molar-refractivity contribution in [2.24, 2.45) is 0 Å². The molecule has 0 amide bonds.